The van der Waals surface area contributed by atoms with Crippen molar-refractivity contribution < 1.29 is 0 Å². The van der Waals surface area contributed by atoms with Crippen LogP contribution in [0.3, 0.4) is 0 Å². The molecule has 0 spiro atoms. The predicted octanol–water partition coefficient (Wildman–Crippen LogP) is 3.01. The summed E-state index contributed by atoms with van der Waals surface area (Å²) in [5, 5.41) is 0.872. The van der Waals surface area contributed by atoms with Crippen LogP contribution in [0.5, 0.6) is 0 Å². The minimum absolute atomic E-state index is 0.401. The maximum atomic E-state index is 6.27. The second-order valence-corrected chi connectivity index (χ2v) is 7.04. The molecule has 19 heavy (non-hydrogen) atoms. The topological polar surface area (TPSA) is 38.0 Å². The summed E-state index contributed by atoms with van der Waals surface area (Å²) < 4.78 is 0. The number of hydrogen-bond acceptors (Lipinski definition) is 2. The van der Waals surface area contributed by atoms with E-state index in [1.807, 2.05) is 12.1 Å². The van der Waals surface area contributed by atoms with Crippen LogP contribution in [-0.2, 0) is 6.42 Å². The Bertz CT molecular complexity index is 473. The molecule has 102 valence electrons. The lowest BCUT2D eigenvalue weighted by atomic mass is 9.94. The van der Waals surface area contributed by atoms with Crippen molar-refractivity contribution >= 4 is 11.6 Å². The Hall–Kier alpha value is -0.570. The first-order valence-corrected chi connectivity index (χ1v) is 7.87. The summed E-state index contributed by atoms with van der Waals surface area (Å²) in [7, 11) is 0. The highest BCUT2D eigenvalue weighted by atomic mass is 35.5. The fourth-order valence-electron chi connectivity index (χ4n) is 5.14. The predicted molar refractivity (Wildman–Crippen MR) is 77.6 cm³/mol. The highest BCUT2D eigenvalue weighted by molar-refractivity contribution is 6.31. The molecule has 2 bridgehead atoms. The first-order valence-electron chi connectivity index (χ1n) is 7.49. The van der Waals surface area contributed by atoms with Crippen molar-refractivity contribution in [2.24, 2.45) is 35.4 Å². The Morgan fingerprint density at radius 3 is 2.53 bits per heavy atom. The van der Waals surface area contributed by atoms with Gasteiger partial charge >= 0.3 is 0 Å². The molecular weight excluding hydrogens is 256 g/mol. The van der Waals surface area contributed by atoms with E-state index in [9.17, 15) is 0 Å². The van der Waals surface area contributed by atoms with Crippen LogP contribution in [0.4, 0.5) is 0 Å². The highest BCUT2D eigenvalue weighted by Gasteiger charge is 2.66. The zero-order valence-corrected chi connectivity index (χ0v) is 11.8. The number of rotatable bonds is 4. The van der Waals surface area contributed by atoms with Gasteiger partial charge in [0.1, 0.15) is 0 Å². The molecule has 3 aliphatic rings. The summed E-state index contributed by atoms with van der Waals surface area (Å²) in [5.41, 5.74) is 4.30. The molecule has 0 heterocycles. The number of halogens is 1. The first-order chi connectivity index (χ1) is 9.29. The van der Waals surface area contributed by atoms with E-state index in [-0.39, 0.29) is 0 Å². The van der Waals surface area contributed by atoms with Crippen LogP contribution in [0.2, 0.25) is 5.02 Å². The molecule has 2 nitrogen and oxygen atoms in total. The SMILES string of the molecule is NNC(Cc1ccccc1Cl)C1C2C3CCC(C3)C21. The maximum Gasteiger partial charge on any atom is 0.0438 e. The third kappa shape index (κ3) is 1.84. The normalized spacial score (nSPS) is 40.2. The van der Waals surface area contributed by atoms with Crippen molar-refractivity contribution in [2.75, 3.05) is 0 Å². The van der Waals surface area contributed by atoms with Crippen LogP contribution in [0.25, 0.3) is 0 Å². The fourth-order valence-corrected chi connectivity index (χ4v) is 5.35. The van der Waals surface area contributed by atoms with E-state index >= 15 is 0 Å². The number of nitrogens with one attached hydrogen (secondary N) is 1. The van der Waals surface area contributed by atoms with Crippen LogP contribution in [0.1, 0.15) is 24.8 Å². The van der Waals surface area contributed by atoms with Gasteiger partial charge < -0.3 is 0 Å². The van der Waals surface area contributed by atoms with Crippen LogP contribution in [-0.4, -0.2) is 6.04 Å². The molecule has 0 amide bonds. The van der Waals surface area contributed by atoms with E-state index in [4.69, 9.17) is 17.4 Å². The van der Waals surface area contributed by atoms with Crippen molar-refractivity contribution in [1.82, 2.24) is 5.43 Å². The van der Waals surface area contributed by atoms with Gasteiger partial charge in [-0.3, -0.25) is 11.3 Å². The molecule has 3 N–H and O–H groups in total. The zero-order valence-electron chi connectivity index (χ0n) is 11.1. The van der Waals surface area contributed by atoms with E-state index < -0.39 is 0 Å². The van der Waals surface area contributed by atoms with Gasteiger partial charge in [0.2, 0.25) is 0 Å². The number of hydrazine groups is 1. The van der Waals surface area contributed by atoms with Crippen LogP contribution < -0.4 is 11.3 Å². The molecule has 5 unspecified atom stereocenters. The third-order valence-electron chi connectivity index (χ3n) is 5.87. The largest absolute Gasteiger partial charge is 0.271 e. The van der Waals surface area contributed by atoms with E-state index in [1.165, 1.54) is 24.8 Å². The Balaban J connectivity index is 1.50. The van der Waals surface area contributed by atoms with Gasteiger partial charge in [-0.1, -0.05) is 29.8 Å². The summed E-state index contributed by atoms with van der Waals surface area (Å²) in [6.07, 6.45) is 5.39. The van der Waals surface area contributed by atoms with E-state index in [2.05, 4.69) is 17.6 Å². The molecule has 0 saturated heterocycles. The molecule has 3 saturated carbocycles. The van der Waals surface area contributed by atoms with Crippen LogP contribution >= 0.6 is 11.6 Å². The number of fused-ring (bicyclic) bond motifs is 5. The summed E-state index contributed by atoms with van der Waals surface area (Å²) in [5.74, 6) is 10.6. The molecule has 1 aromatic rings. The second kappa shape index (κ2) is 4.47. The number of benzene rings is 1. The van der Waals surface area contributed by atoms with Gasteiger partial charge in [0.25, 0.3) is 0 Å². The van der Waals surface area contributed by atoms with Gasteiger partial charge in [0.05, 0.1) is 0 Å². The molecule has 0 aromatic heterocycles. The van der Waals surface area contributed by atoms with Crippen molar-refractivity contribution in [3.63, 3.8) is 0 Å². The molecule has 3 aliphatic carbocycles. The lowest BCUT2D eigenvalue weighted by molar-refractivity contribution is 0.365. The summed E-state index contributed by atoms with van der Waals surface area (Å²) in [6, 6.07) is 8.55. The van der Waals surface area contributed by atoms with Gasteiger partial charge in [0, 0.05) is 11.1 Å². The number of nitrogens with two attached hydrogens (primary N) is 1. The summed E-state index contributed by atoms with van der Waals surface area (Å²) in [4.78, 5) is 0. The smallest absolute Gasteiger partial charge is 0.0438 e. The third-order valence-corrected chi connectivity index (χ3v) is 6.24. The minimum atomic E-state index is 0.401. The molecule has 4 rings (SSSR count). The van der Waals surface area contributed by atoms with Crippen LogP contribution in [0, 0.1) is 29.6 Å². The molecule has 3 fully saturated rings. The van der Waals surface area contributed by atoms with E-state index in [0.717, 1.165) is 41.0 Å². The second-order valence-electron chi connectivity index (χ2n) is 6.63. The van der Waals surface area contributed by atoms with Gasteiger partial charge in [-0.25, -0.2) is 0 Å². The lowest BCUT2D eigenvalue weighted by Crippen LogP contribution is -2.40. The maximum absolute atomic E-state index is 6.27. The van der Waals surface area contributed by atoms with Crippen molar-refractivity contribution in [3.05, 3.63) is 34.9 Å². The highest BCUT2D eigenvalue weighted by Crippen LogP contribution is 2.70. The standard InChI is InChI=1S/C16H21ClN2/c17-12-4-2-1-3-9(12)8-13(19-18)16-14-10-5-6-11(7-10)15(14)16/h1-4,10-11,13-16,19H,5-8,18H2. The lowest BCUT2D eigenvalue weighted by Gasteiger charge is -2.20. The van der Waals surface area contributed by atoms with Crippen molar-refractivity contribution in [1.29, 1.82) is 0 Å². The average Bonchev–Trinajstić information content (AvgIpc) is 2.85. The molecular formula is C16H21ClN2. The van der Waals surface area contributed by atoms with Gasteiger partial charge in [-0.05, 0) is 66.9 Å². The fraction of sp³-hybridized carbons (Fsp3) is 0.625. The van der Waals surface area contributed by atoms with Gasteiger partial charge in [-0.15, -0.1) is 0 Å². The molecule has 5 atom stereocenters. The van der Waals surface area contributed by atoms with Crippen molar-refractivity contribution in [2.45, 2.75) is 31.7 Å². The molecule has 0 radical (unpaired) electrons. The average molecular weight is 277 g/mol. The Kier molecular flexibility index (Phi) is 2.87. The Labute approximate surface area is 119 Å². The van der Waals surface area contributed by atoms with Gasteiger partial charge in [0.15, 0.2) is 0 Å². The molecule has 3 heteroatoms. The first kappa shape index (κ1) is 12.2. The quantitative estimate of drug-likeness (QED) is 0.655. The Morgan fingerprint density at radius 1 is 1.21 bits per heavy atom. The zero-order chi connectivity index (χ0) is 13.0. The van der Waals surface area contributed by atoms with Gasteiger partial charge in [-0.2, -0.15) is 0 Å². The monoisotopic (exact) mass is 276 g/mol. The van der Waals surface area contributed by atoms with E-state index in [1.54, 1.807) is 0 Å². The molecule has 1 aromatic carbocycles. The summed E-state index contributed by atoms with van der Waals surface area (Å²) >= 11 is 6.27. The van der Waals surface area contributed by atoms with E-state index in [0.29, 0.717) is 6.04 Å². The number of hydrogen-bond donors (Lipinski definition) is 2. The Morgan fingerprint density at radius 2 is 1.89 bits per heavy atom. The molecule has 0 aliphatic heterocycles. The minimum Gasteiger partial charge on any atom is -0.271 e. The summed E-state index contributed by atoms with van der Waals surface area (Å²) in [6.45, 7) is 0. The van der Waals surface area contributed by atoms with Crippen molar-refractivity contribution in [3.8, 4) is 0 Å². The van der Waals surface area contributed by atoms with Crippen LogP contribution in [0.15, 0.2) is 24.3 Å².